The van der Waals surface area contributed by atoms with Gasteiger partial charge in [0.25, 0.3) is 0 Å². The van der Waals surface area contributed by atoms with Gasteiger partial charge in [0, 0.05) is 33.9 Å². The van der Waals surface area contributed by atoms with E-state index in [2.05, 4.69) is 20.0 Å². The minimum Gasteiger partial charge on any atom is -0.399 e. The van der Waals surface area contributed by atoms with Gasteiger partial charge in [0.2, 0.25) is 5.96 Å². The Hall–Kier alpha value is -4.40. The third-order valence-electron chi connectivity index (χ3n) is 4.63. The van der Waals surface area contributed by atoms with Gasteiger partial charge in [-0.15, -0.1) is 0 Å². The quantitative estimate of drug-likeness (QED) is 0.581. The van der Waals surface area contributed by atoms with Crippen molar-refractivity contribution < 1.29 is 0 Å². The van der Waals surface area contributed by atoms with Gasteiger partial charge >= 0.3 is 0 Å². The minimum atomic E-state index is 0.429. The summed E-state index contributed by atoms with van der Waals surface area (Å²) in [6.07, 6.45) is 5.59. The summed E-state index contributed by atoms with van der Waals surface area (Å²) in [4.78, 5) is 20.3. The molecule has 0 saturated heterocycles. The van der Waals surface area contributed by atoms with E-state index in [0.29, 0.717) is 63.2 Å². The molecule has 2 aromatic rings. The van der Waals surface area contributed by atoms with E-state index in [1.807, 2.05) is 18.2 Å². The zero-order chi connectivity index (χ0) is 20.1. The van der Waals surface area contributed by atoms with Gasteiger partial charge in [-0.25, -0.2) is 14.9 Å². The normalized spacial score (nSPS) is 17.0. The Bertz CT molecular complexity index is 1190. The van der Waals surface area contributed by atoms with Gasteiger partial charge in [0.1, 0.15) is 11.7 Å². The van der Waals surface area contributed by atoms with Crippen molar-refractivity contribution in [2.24, 2.45) is 20.0 Å². The Morgan fingerprint density at radius 2 is 1.31 bits per heavy atom. The average Bonchev–Trinajstić information content (AvgIpc) is 2.68. The van der Waals surface area contributed by atoms with Crippen molar-refractivity contribution in [3.8, 4) is 0 Å². The Morgan fingerprint density at radius 1 is 0.690 bits per heavy atom. The summed E-state index contributed by atoms with van der Waals surface area (Å²) in [5, 5.41) is 0. The van der Waals surface area contributed by atoms with Crippen LogP contribution in [-0.4, -0.2) is 28.4 Å². The topological polar surface area (TPSA) is 157 Å². The zero-order valence-electron chi connectivity index (χ0n) is 15.2. The Morgan fingerprint density at radius 3 is 1.93 bits per heavy atom. The number of hydrogen-bond acceptors (Lipinski definition) is 9. The second-order valence-electron chi connectivity index (χ2n) is 6.67. The van der Waals surface area contributed by atoms with E-state index in [1.165, 1.54) is 0 Å². The lowest BCUT2D eigenvalue weighted by molar-refractivity contribution is 0.711. The van der Waals surface area contributed by atoms with Crippen molar-refractivity contribution in [1.29, 1.82) is 0 Å². The molecular formula is C20H17N9. The molecule has 9 heteroatoms. The number of nitrogens with two attached hydrogens (primary N) is 4. The van der Waals surface area contributed by atoms with E-state index in [1.54, 1.807) is 41.3 Å². The first-order valence-corrected chi connectivity index (χ1v) is 8.83. The van der Waals surface area contributed by atoms with Gasteiger partial charge < -0.3 is 22.9 Å². The molecule has 2 aromatic carbocycles. The molecule has 3 aliphatic rings. The van der Waals surface area contributed by atoms with Crippen LogP contribution in [0, 0.1) is 0 Å². The highest BCUT2D eigenvalue weighted by atomic mass is 15.4. The van der Waals surface area contributed by atoms with Crippen LogP contribution in [-0.2, 0) is 0 Å². The number of guanidine groups is 1. The summed E-state index contributed by atoms with van der Waals surface area (Å²) in [5.74, 6) is 2.62. The van der Waals surface area contributed by atoms with Gasteiger partial charge in [0.15, 0.2) is 11.7 Å². The molecule has 3 aliphatic heterocycles. The molecule has 0 bridgehead atoms. The van der Waals surface area contributed by atoms with Crippen LogP contribution in [0.15, 0.2) is 80.4 Å². The molecule has 0 atom stereocenters. The van der Waals surface area contributed by atoms with Crippen molar-refractivity contribution in [1.82, 2.24) is 4.90 Å². The zero-order valence-corrected chi connectivity index (χ0v) is 15.2. The maximum atomic E-state index is 6.14. The van der Waals surface area contributed by atoms with Gasteiger partial charge in [-0.1, -0.05) is 6.08 Å². The van der Waals surface area contributed by atoms with Crippen LogP contribution >= 0.6 is 0 Å². The van der Waals surface area contributed by atoms with Crippen LogP contribution in [0.5, 0.6) is 0 Å². The highest BCUT2D eigenvalue weighted by molar-refractivity contribution is 6.26. The monoisotopic (exact) mass is 383 g/mol. The third-order valence-corrected chi connectivity index (χ3v) is 4.63. The molecule has 0 unspecified atom stereocenters. The van der Waals surface area contributed by atoms with Crippen LogP contribution in [0.25, 0.3) is 0 Å². The van der Waals surface area contributed by atoms with Crippen LogP contribution in [0.2, 0.25) is 0 Å². The predicted octanol–water partition coefficient (Wildman–Crippen LogP) is 1.70. The Labute approximate surface area is 166 Å². The molecule has 142 valence electrons. The molecule has 29 heavy (non-hydrogen) atoms. The van der Waals surface area contributed by atoms with Gasteiger partial charge in [-0.2, -0.15) is 9.98 Å². The molecule has 0 spiro atoms. The molecule has 0 fully saturated rings. The van der Waals surface area contributed by atoms with Gasteiger partial charge in [0.05, 0.1) is 0 Å². The van der Waals surface area contributed by atoms with E-state index >= 15 is 0 Å². The highest BCUT2D eigenvalue weighted by Crippen LogP contribution is 2.28. The van der Waals surface area contributed by atoms with Crippen molar-refractivity contribution in [2.75, 3.05) is 22.9 Å². The number of hydrogen-bond donors (Lipinski definition) is 4. The maximum absolute atomic E-state index is 6.14. The second kappa shape index (κ2) is 6.06. The number of benzene rings is 2. The lowest BCUT2D eigenvalue weighted by Crippen LogP contribution is -2.41. The van der Waals surface area contributed by atoms with E-state index in [0.717, 1.165) is 0 Å². The summed E-state index contributed by atoms with van der Waals surface area (Å²) < 4.78 is 0. The van der Waals surface area contributed by atoms with E-state index < -0.39 is 0 Å². The first-order chi connectivity index (χ1) is 14.0. The summed E-state index contributed by atoms with van der Waals surface area (Å²) in [5.41, 5.74) is 27.4. The van der Waals surface area contributed by atoms with Crippen LogP contribution in [0.1, 0.15) is 11.1 Å². The number of aliphatic imine (C=N–C) groups is 4. The molecule has 0 radical (unpaired) electrons. The van der Waals surface area contributed by atoms with Crippen LogP contribution in [0.3, 0.4) is 0 Å². The Kier molecular flexibility index (Phi) is 3.50. The van der Waals surface area contributed by atoms with E-state index in [-0.39, 0.29) is 0 Å². The second-order valence-corrected chi connectivity index (χ2v) is 6.67. The number of anilines is 4. The molecule has 0 saturated carbocycles. The summed E-state index contributed by atoms with van der Waals surface area (Å²) >= 11 is 0. The minimum absolute atomic E-state index is 0.429. The molecule has 0 aromatic heterocycles. The molecule has 5 rings (SSSR count). The standard InChI is InChI=1S/C20H17N9/c21-10-4-6-12(14(23)8-10)18-25-16-2-1-3-17-26-19(28-20(27-18)29(16)17)13-7-5-11(22)9-15(13)24/h1-9H,21-24H2. The van der Waals surface area contributed by atoms with Crippen molar-refractivity contribution in [3.63, 3.8) is 0 Å². The Balaban J connectivity index is 1.66. The van der Waals surface area contributed by atoms with Crippen molar-refractivity contribution in [3.05, 3.63) is 71.6 Å². The largest absolute Gasteiger partial charge is 0.399 e. The van der Waals surface area contributed by atoms with Crippen LogP contribution in [0.4, 0.5) is 22.7 Å². The molecule has 3 heterocycles. The summed E-state index contributed by atoms with van der Waals surface area (Å²) in [6.45, 7) is 0. The van der Waals surface area contributed by atoms with Gasteiger partial charge in [-0.05, 0) is 48.6 Å². The van der Waals surface area contributed by atoms with Crippen LogP contribution < -0.4 is 22.9 Å². The number of allylic oxidation sites excluding steroid dienone is 2. The summed E-state index contributed by atoms with van der Waals surface area (Å²) in [6, 6.07) is 10.5. The average molecular weight is 383 g/mol. The van der Waals surface area contributed by atoms with Crippen molar-refractivity contribution in [2.45, 2.75) is 0 Å². The third kappa shape index (κ3) is 2.72. The maximum Gasteiger partial charge on any atom is 0.241 e. The first-order valence-electron chi connectivity index (χ1n) is 8.83. The molecule has 0 amide bonds. The SMILES string of the molecule is Nc1ccc(C2=NC3=CC=CC4=NC(c5ccc(N)cc5N)=NC(=N2)N34)c(N)c1. The van der Waals surface area contributed by atoms with E-state index in [4.69, 9.17) is 22.9 Å². The number of nitrogen functional groups attached to an aromatic ring is 4. The number of amidine groups is 3. The lowest BCUT2D eigenvalue weighted by atomic mass is 10.1. The van der Waals surface area contributed by atoms with E-state index in [9.17, 15) is 0 Å². The predicted molar refractivity (Wildman–Crippen MR) is 118 cm³/mol. The smallest absolute Gasteiger partial charge is 0.241 e. The fourth-order valence-corrected chi connectivity index (χ4v) is 3.26. The molecule has 8 N–H and O–H groups in total. The molecule has 9 nitrogen and oxygen atoms in total. The van der Waals surface area contributed by atoms with Crippen molar-refractivity contribution >= 4 is 46.2 Å². The van der Waals surface area contributed by atoms with Gasteiger partial charge in [-0.3, -0.25) is 0 Å². The summed E-state index contributed by atoms with van der Waals surface area (Å²) in [7, 11) is 0. The lowest BCUT2D eigenvalue weighted by Gasteiger charge is -2.31. The highest BCUT2D eigenvalue weighted by Gasteiger charge is 2.31. The molecular weight excluding hydrogens is 366 g/mol. The molecule has 0 aliphatic carbocycles. The number of nitrogens with zero attached hydrogens (tertiary/aromatic N) is 5. The fourth-order valence-electron chi connectivity index (χ4n) is 3.26. The fraction of sp³-hybridized carbons (Fsp3) is 0. The number of rotatable bonds is 2. The first kappa shape index (κ1) is 16.8.